The van der Waals surface area contributed by atoms with Crippen LogP contribution in [0.4, 0.5) is 0 Å². The van der Waals surface area contributed by atoms with Gasteiger partial charge in [-0.15, -0.1) is 24.0 Å². The first-order valence-electron chi connectivity index (χ1n) is 7.31. The van der Waals surface area contributed by atoms with Gasteiger partial charge in [0.2, 0.25) is 0 Å². The maximum absolute atomic E-state index is 9.65. The van der Waals surface area contributed by atoms with Crippen LogP contribution in [0.1, 0.15) is 31.7 Å². The Morgan fingerprint density at radius 2 is 1.95 bits per heavy atom. The molecule has 0 aliphatic carbocycles. The topological polar surface area (TPSA) is 79.9 Å². The van der Waals surface area contributed by atoms with Gasteiger partial charge < -0.3 is 20.9 Å². The number of ether oxygens (including phenoxy) is 1. The molecule has 3 atom stereocenters. The summed E-state index contributed by atoms with van der Waals surface area (Å²) in [7, 11) is 1.65. The number of benzene rings is 1. The van der Waals surface area contributed by atoms with E-state index in [-0.39, 0.29) is 42.0 Å². The number of rotatable bonds is 8. The van der Waals surface area contributed by atoms with Crippen LogP contribution in [-0.4, -0.2) is 43.5 Å². The summed E-state index contributed by atoms with van der Waals surface area (Å²) >= 11 is 0. The standard InChI is InChI=1S/C16H27N3O2.HI/c1-12(11-21-3)19-16(17)18-10-15(9-13(2)20)14-7-5-4-6-8-14;/h4-8,12-13,15,20H,9-11H2,1-3H3,(H3,17,18,19);1H. The first-order chi connectivity index (χ1) is 10.0. The van der Waals surface area contributed by atoms with Gasteiger partial charge in [-0.25, -0.2) is 0 Å². The van der Waals surface area contributed by atoms with Crippen molar-refractivity contribution in [1.29, 1.82) is 0 Å². The molecule has 0 bridgehead atoms. The molecule has 0 fully saturated rings. The lowest BCUT2D eigenvalue weighted by molar-refractivity contribution is 0.175. The molecule has 0 heterocycles. The second-order valence-electron chi connectivity index (χ2n) is 5.42. The highest BCUT2D eigenvalue weighted by atomic mass is 127. The van der Waals surface area contributed by atoms with Gasteiger partial charge in [-0.3, -0.25) is 4.99 Å². The van der Waals surface area contributed by atoms with Gasteiger partial charge in [0.05, 0.1) is 12.7 Å². The van der Waals surface area contributed by atoms with Gasteiger partial charge in [0.1, 0.15) is 0 Å². The maximum Gasteiger partial charge on any atom is 0.188 e. The summed E-state index contributed by atoms with van der Waals surface area (Å²) in [5.74, 6) is 0.565. The van der Waals surface area contributed by atoms with E-state index >= 15 is 0 Å². The van der Waals surface area contributed by atoms with Crippen molar-refractivity contribution >= 4 is 29.9 Å². The monoisotopic (exact) mass is 421 g/mol. The number of hydrogen-bond donors (Lipinski definition) is 3. The molecule has 0 amide bonds. The van der Waals surface area contributed by atoms with Crippen LogP contribution in [0.5, 0.6) is 0 Å². The highest BCUT2D eigenvalue weighted by Crippen LogP contribution is 2.21. The number of methoxy groups -OCH3 is 1. The molecule has 0 radical (unpaired) electrons. The van der Waals surface area contributed by atoms with E-state index in [2.05, 4.69) is 22.4 Å². The third kappa shape index (κ3) is 8.55. The van der Waals surface area contributed by atoms with Gasteiger partial charge in [0, 0.05) is 25.6 Å². The summed E-state index contributed by atoms with van der Waals surface area (Å²) in [6.45, 7) is 4.90. The van der Waals surface area contributed by atoms with E-state index in [0.717, 1.165) is 0 Å². The Hall–Kier alpha value is -0.860. The Morgan fingerprint density at radius 1 is 1.32 bits per heavy atom. The Kier molecular flexibility index (Phi) is 11.2. The van der Waals surface area contributed by atoms with Crippen molar-refractivity contribution in [3.8, 4) is 0 Å². The number of aliphatic hydroxyl groups excluding tert-OH is 1. The molecular weight excluding hydrogens is 393 g/mol. The number of nitrogens with two attached hydrogens (primary N) is 1. The van der Waals surface area contributed by atoms with Gasteiger partial charge in [-0.05, 0) is 25.8 Å². The normalized spacial score (nSPS) is 15.5. The molecule has 0 aromatic heterocycles. The SMILES string of the molecule is COCC(C)NC(N)=NCC(CC(C)O)c1ccccc1.I. The molecule has 0 aliphatic rings. The van der Waals surface area contributed by atoms with Crippen LogP contribution in [0.25, 0.3) is 0 Å². The van der Waals surface area contributed by atoms with Gasteiger partial charge in [0.15, 0.2) is 5.96 Å². The lowest BCUT2D eigenvalue weighted by Crippen LogP contribution is -2.41. The molecule has 0 saturated heterocycles. The van der Waals surface area contributed by atoms with Gasteiger partial charge in [0.25, 0.3) is 0 Å². The Morgan fingerprint density at radius 3 is 2.50 bits per heavy atom. The molecule has 0 spiro atoms. The van der Waals surface area contributed by atoms with Crippen LogP contribution in [-0.2, 0) is 4.74 Å². The number of nitrogens with zero attached hydrogens (tertiary/aromatic N) is 1. The molecule has 6 heteroatoms. The molecule has 5 nitrogen and oxygen atoms in total. The van der Waals surface area contributed by atoms with Crippen molar-refractivity contribution < 1.29 is 9.84 Å². The van der Waals surface area contributed by atoms with E-state index in [1.165, 1.54) is 5.56 Å². The van der Waals surface area contributed by atoms with Crippen LogP contribution in [0.15, 0.2) is 35.3 Å². The highest BCUT2D eigenvalue weighted by Gasteiger charge is 2.14. The predicted octanol–water partition coefficient (Wildman–Crippen LogP) is 2.10. The van der Waals surface area contributed by atoms with E-state index in [0.29, 0.717) is 25.5 Å². The summed E-state index contributed by atoms with van der Waals surface area (Å²) in [6.07, 6.45) is 0.293. The average molecular weight is 421 g/mol. The summed E-state index contributed by atoms with van der Waals surface area (Å²) in [5, 5.41) is 12.7. The quantitative estimate of drug-likeness (QED) is 0.341. The van der Waals surface area contributed by atoms with Gasteiger partial charge in [-0.1, -0.05) is 30.3 Å². The van der Waals surface area contributed by atoms with Crippen LogP contribution in [0, 0.1) is 0 Å². The van der Waals surface area contributed by atoms with Gasteiger partial charge in [-0.2, -0.15) is 0 Å². The molecule has 22 heavy (non-hydrogen) atoms. The number of guanidine groups is 1. The zero-order valence-corrected chi connectivity index (χ0v) is 15.9. The van der Waals surface area contributed by atoms with E-state index in [1.54, 1.807) is 14.0 Å². The molecule has 126 valence electrons. The minimum atomic E-state index is -0.369. The van der Waals surface area contributed by atoms with E-state index in [1.807, 2.05) is 25.1 Å². The number of halogens is 1. The molecule has 0 saturated carbocycles. The predicted molar refractivity (Wildman–Crippen MR) is 102 cm³/mol. The minimum Gasteiger partial charge on any atom is -0.393 e. The molecular formula is C16H28IN3O2. The summed E-state index contributed by atoms with van der Waals surface area (Å²) < 4.78 is 5.05. The van der Waals surface area contributed by atoms with Crippen molar-refractivity contribution in [3.05, 3.63) is 35.9 Å². The summed E-state index contributed by atoms with van der Waals surface area (Å²) in [6, 6.07) is 10.2. The van der Waals surface area contributed by atoms with E-state index < -0.39 is 0 Å². The van der Waals surface area contributed by atoms with Crippen LogP contribution >= 0.6 is 24.0 Å². The third-order valence-electron chi connectivity index (χ3n) is 3.19. The smallest absolute Gasteiger partial charge is 0.188 e. The number of aliphatic imine (C=N–C) groups is 1. The zero-order chi connectivity index (χ0) is 15.7. The van der Waals surface area contributed by atoms with Crippen molar-refractivity contribution in [2.75, 3.05) is 20.3 Å². The Labute approximate surface area is 150 Å². The van der Waals surface area contributed by atoms with Crippen LogP contribution < -0.4 is 11.1 Å². The second-order valence-corrected chi connectivity index (χ2v) is 5.42. The fourth-order valence-electron chi connectivity index (χ4n) is 2.25. The zero-order valence-electron chi connectivity index (χ0n) is 13.5. The lowest BCUT2D eigenvalue weighted by atomic mass is 9.93. The highest BCUT2D eigenvalue weighted by molar-refractivity contribution is 14.0. The van der Waals surface area contributed by atoms with Crippen LogP contribution in [0.2, 0.25) is 0 Å². The van der Waals surface area contributed by atoms with Crippen molar-refractivity contribution in [3.63, 3.8) is 0 Å². The number of aliphatic hydroxyl groups is 1. The molecule has 1 aromatic rings. The Bertz CT molecular complexity index is 427. The van der Waals surface area contributed by atoms with Crippen molar-refractivity contribution in [2.24, 2.45) is 10.7 Å². The largest absolute Gasteiger partial charge is 0.393 e. The van der Waals surface area contributed by atoms with Crippen LogP contribution in [0.3, 0.4) is 0 Å². The molecule has 4 N–H and O–H groups in total. The fourth-order valence-corrected chi connectivity index (χ4v) is 2.25. The first-order valence-corrected chi connectivity index (χ1v) is 7.31. The number of hydrogen-bond acceptors (Lipinski definition) is 3. The average Bonchev–Trinajstić information content (AvgIpc) is 2.44. The van der Waals surface area contributed by atoms with E-state index in [4.69, 9.17) is 10.5 Å². The minimum absolute atomic E-state index is 0. The second kappa shape index (κ2) is 11.7. The molecule has 3 unspecified atom stereocenters. The first kappa shape index (κ1) is 21.1. The molecule has 0 aliphatic heterocycles. The summed E-state index contributed by atoms with van der Waals surface area (Å²) in [4.78, 5) is 4.39. The lowest BCUT2D eigenvalue weighted by Gasteiger charge is -2.18. The maximum atomic E-state index is 9.65. The summed E-state index contributed by atoms with van der Waals surface area (Å²) in [5.41, 5.74) is 7.05. The third-order valence-corrected chi connectivity index (χ3v) is 3.19. The van der Waals surface area contributed by atoms with Crippen molar-refractivity contribution in [2.45, 2.75) is 38.3 Å². The number of nitrogens with one attached hydrogen (secondary N) is 1. The fraction of sp³-hybridized carbons (Fsp3) is 0.562. The molecule has 1 rings (SSSR count). The van der Waals surface area contributed by atoms with E-state index in [9.17, 15) is 5.11 Å². The van der Waals surface area contributed by atoms with Gasteiger partial charge >= 0.3 is 0 Å². The Balaban J connectivity index is 0.00000441. The van der Waals surface area contributed by atoms with Crippen molar-refractivity contribution in [1.82, 2.24) is 5.32 Å². The molecule has 1 aromatic carbocycles.